The molecular formula is C13H19N3O3S. The SMILES string of the molecule is CCOc1ccc(N)c(SCCC(=O)NC(=O)NC)c1. The van der Waals surface area contributed by atoms with E-state index in [1.165, 1.54) is 18.8 Å². The number of rotatable bonds is 6. The van der Waals surface area contributed by atoms with Crippen molar-refractivity contribution in [3.63, 3.8) is 0 Å². The molecule has 0 radical (unpaired) electrons. The average molecular weight is 297 g/mol. The van der Waals surface area contributed by atoms with Crippen molar-refractivity contribution in [3.05, 3.63) is 18.2 Å². The van der Waals surface area contributed by atoms with E-state index < -0.39 is 6.03 Å². The highest BCUT2D eigenvalue weighted by Crippen LogP contribution is 2.29. The summed E-state index contributed by atoms with van der Waals surface area (Å²) in [6, 6.07) is 4.93. The van der Waals surface area contributed by atoms with Crippen molar-refractivity contribution in [1.82, 2.24) is 10.6 Å². The van der Waals surface area contributed by atoms with Gasteiger partial charge in [-0.1, -0.05) is 0 Å². The quantitative estimate of drug-likeness (QED) is 0.548. The lowest BCUT2D eigenvalue weighted by molar-refractivity contribution is -0.119. The largest absolute Gasteiger partial charge is 0.494 e. The molecule has 0 atom stereocenters. The van der Waals surface area contributed by atoms with Gasteiger partial charge in [0.2, 0.25) is 5.91 Å². The highest BCUT2D eigenvalue weighted by atomic mass is 32.2. The third-order valence-corrected chi connectivity index (χ3v) is 3.44. The van der Waals surface area contributed by atoms with Crippen LogP contribution >= 0.6 is 11.8 Å². The van der Waals surface area contributed by atoms with E-state index in [1.54, 1.807) is 12.1 Å². The number of thioether (sulfide) groups is 1. The Labute approximate surface area is 122 Å². The molecule has 0 unspecified atom stereocenters. The van der Waals surface area contributed by atoms with Crippen molar-refractivity contribution in [1.29, 1.82) is 0 Å². The molecule has 1 aromatic rings. The zero-order valence-electron chi connectivity index (χ0n) is 11.6. The average Bonchev–Trinajstić information content (AvgIpc) is 2.42. The van der Waals surface area contributed by atoms with E-state index in [9.17, 15) is 9.59 Å². The second-order valence-electron chi connectivity index (χ2n) is 3.86. The van der Waals surface area contributed by atoms with Crippen molar-refractivity contribution in [2.75, 3.05) is 25.1 Å². The molecule has 0 saturated carbocycles. The van der Waals surface area contributed by atoms with Gasteiger partial charge in [-0.25, -0.2) is 4.79 Å². The van der Waals surface area contributed by atoms with Gasteiger partial charge in [0, 0.05) is 29.8 Å². The summed E-state index contributed by atoms with van der Waals surface area (Å²) < 4.78 is 5.40. The topological polar surface area (TPSA) is 93.4 Å². The highest BCUT2D eigenvalue weighted by Gasteiger charge is 2.07. The highest BCUT2D eigenvalue weighted by molar-refractivity contribution is 7.99. The van der Waals surface area contributed by atoms with Gasteiger partial charge in [0.1, 0.15) is 5.75 Å². The minimum atomic E-state index is -0.502. The molecule has 1 rings (SSSR count). The lowest BCUT2D eigenvalue weighted by Gasteiger charge is -2.09. The van der Waals surface area contributed by atoms with Gasteiger partial charge in [0.15, 0.2) is 0 Å². The Hall–Kier alpha value is -1.89. The molecule has 0 fully saturated rings. The molecule has 0 saturated heterocycles. The lowest BCUT2D eigenvalue weighted by atomic mass is 10.3. The Balaban J connectivity index is 2.47. The molecule has 0 aliphatic heterocycles. The summed E-state index contributed by atoms with van der Waals surface area (Å²) in [5, 5.41) is 4.52. The van der Waals surface area contributed by atoms with Gasteiger partial charge in [-0.15, -0.1) is 11.8 Å². The van der Waals surface area contributed by atoms with Crippen LogP contribution in [0.25, 0.3) is 0 Å². The summed E-state index contributed by atoms with van der Waals surface area (Å²) in [6.45, 7) is 2.49. The first-order valence-corrected chi connectivity index (χ1v) is 7.22. The summed E-state index contributed by atoms with van der Waals surface area (Å²) in [5.74, 6) is 0.957. The number of hydrogen-bond acceptors (Lipinski definition) is 5. The fraction of sp³-hybridized carbons (Fsp3) is 0.385. The van der Waals surface area contributed by atoms with Gasteiger partial charge in [0.25, 0.3) is 0 Å². The van der Waals surface area contributed by atoms with Crippen LogP contribution < -0.4 is 21.1 Å². The number of imide groups is 1. The number of benzene rings is 1. The second-order valence-corrected chi connectivity index (χ2v) is 5.00. The molecule has 20 heavy (non-hydrogen) atoms. The summed E-state index contributed by atoms with van der Waals surface area (Å²) >= 11 is 1.45. The molecular weight excluding hydrogens is 278 g/mol. The predicted octanol–water partition coefficient (Wildman–Crippen LogP) is 1.61. The van der Waals surface area contributed by atoms with Crippen molar-refractivity contribution in [2.45, 2.75) is 18.2 Å². The van der Waals surface area contributed by atoms with E-state index in [-0.39, 0.29) is 12.3 Å². The Morgan fingerprint density at radius 3 is 2.80 bits per heavy atom. The third-order valence-electron chi connectivity index (χ3n) is 2.36. The van der Waals surface area contributed by atoms with E-state index in [4.69, 9.17) is 10.5 Å². The number of nitrogen functional groups attached to an aromatic ring is 1. The van der Waals surface area contributed by atoms with Crippen LogP contribution in [0.2, 0.25) is 0 Å². The molecule has 7 heteroatoms. The number of nitrogens with one attached hydrogen (secondary N) is 2. The minimum Gasteiger partial charge on any atom is -0.494 e. The van der Waals surface area contributed by atoms with Crippen LogP contribution in [0.3, 0.4) is 0 Å². The molecule has 0 spiro atoms. The van der Waals surface area contributed by atoms with Crippen LogP contribution in [-0.4, -0.2) is 31.3 Å². The summed E-state index contributed by atoms with van der Waals surface area (Å²) in [6.07, 6.45) is 0.233. The van der Waals surface area contributed by atoms with Gasteiger partial charge < -0.3 is 15.8 Å². The Morgan fingerprint density at radius 2 is 2.15 bits per heavy atom. The van der Waals surface area contributed by atoms with Crippen LogP contribution in [0, 0.1) is 0 Å². The number of carbonyl (C=O) groups is 2. The maximum absolute atomic E-state index is 11.4. The molecule has 1 aromatic carbocycles. The Bertz CT molecular complexity index is 480. The first-order valence-electron chi connectivity index (χ1n) is 6.23. The predicted molar refractivity (Wildman–Crippen MR) is 80.0 cm³/mol. The van der Waals surface area contributed by atoms with E-state index >= 15 is 0 Å². The summed E-state index contributed by atoms with van der Waals surface area (Å²) in [5.41, 5.74) is 6.51. The van der Waals surface area contributed by atoms with Gasteiger partial charge in [-0.2, -0.15) is 0 Å². The number of urea groups is 1. The molecule has 0 heterocycles. The van der Waals surface area contributed by atoms with E-state index in [0.29, 0.717) is 18.0 Å². The summed E-state index contributed by atoms with van der Waals surface area (Å²) in [7, 11) is 1.46. The molecule has 3 amide bonds. The number of anilines is 1. The number of hydrogen-bond donors (Lipinski definition) is 3. The van der Waals surface area contributed by atoms with Crippen molar-refractivity contribution in [2.24, 2.45) is 0 Å². The van der Waals surface area contributed by atoms with E-state index in [2.05, 4.69) is 10.6 Å². The number of amides is 3. The maximum atomic E-state index is 11.4. The van der Waals surface area contributed by atoms with Gasteiger partial charge in [-0.3, -0.25) is 10.1 Å². The zero-order valence-corrected chi connectivity index (χ0v) is 12.4. The first kappa shape index (κ1) is 16.2. The van der Waals surface area contributed by atoms with Gasteiger partial charge in [0.05, 0.1) is 6.61 Å². The van der Waals surface area contributed by atoms with E-state index in [0.717, 1.165) is 10.6 Å². The minimum absolute atomic E-state index is 0.233. The molecule has 4 N–H and O–H groups in total. The molecule has 0 aliphatic rings. The van der Waals surface area contributed by atoms with Crippen molar-refractivity contribution >= 4 is 29.4 Å². The molecule has 0 aromatic heterocycles. The lowest BCUT2D eigenvalue weighted by Crippen LogP contribution is -2.37. The molecule has 0 bridgehead atoms. The third kappa shape index (κ3) is 5.40. The van der Waals surface area contributed by atoms with Crippen LogP contribution in [0.4, 0.5) is 10.5 Å². The van der Waals surface area contributed by atoms with Crippen LogP contribution in [-0.2, 0) is 4.79 Å². The van der Waals surface area contributed by atoms with Crippen LogP contribution in [0.1, 0.15) is 13.3 Å². The number of ether oxygens (including phenoxy) is 1. The standard InChI is InChI=1S/C13H19N3O3S/c1-3-19-9-4-5-10(14)11(8-9)20-7-6-12(17)16-13(18)15-2/h4-5,8H,3,6-7,14H2,1-2H3,(H2,15,16,17,18). The molecule has 6 nitrogen and oxygen atoms in total. The zero-order chi connectivity index (χ0) is 15.0. The van der Waals surface area contributed by atoms with Crippen molar-refractivity contribution in [3.8, 4) is 5.75 Å². The van der Waals surface area contributed by atoms with Gasteiger partial charge >= 0.3 is 6.03 Å². The fourth-order valence-electron chi connectivity index (χ4n) is 1.40. The summed E-state index contributed by atoms with van der Waals surface area (Å²) in [4.78, 5) is 23.2. The van der Waals surface area contributed by atoms with Gasteiger partial charge in [-0.05, 0) is 25.1 Å². The number of nitrogens with two attached hydrogens (primary N) is 1. The fourth-order valence-corrected chi connectivity index (χ4v) is 2.34. The molecule has 110 valence electrons. The smallest absolute Gasteiger partial charge is 0.321 e. The first-order chi connectivity index (χ1) is 9.56. The van der Waals surface area contributed by atoms with E-state index in [1.807, 2.05) is 13.0 Å². The monoisotopic (exact) mass is 297 g/mol. The number of carbonyl (C=O) groups excluding carboxylic acids is 2. The van der Waals surface area contributed by atoms with Crippen LogP contribution in [0.5, 0.6) is 5.75 Å². The van der Waals surface area contributed by atoms with Crippen LogP contribution in [0.15, 0.2) is 23.1 Å². The Morgan fingerprint density at radius 1 is 1.40 bits per heavy atom. The molecule has 0 aliphatic carbocycles. The second kappa shape index (κ2) is 8.31. The Kier molecular flexibility index (Phi) is 6.72. The maximum Gasteiger partial charge on any atom is 0.321 e. The van der Waals surface area contributed by atoms with Crippen molar-refractivity contribution < 1.29 is 14.3 Å². The normalized spacial score (nSPS) is 9.90.